The number of hydrogen-bond acceptors (Lipinski definition) is 5. The average molecular weight is 318 g/mol. The molecule has 0 unspecified atom stereocenters. The van der Waals surface area contributed by atoms with Gasteiger partial charge in [0.05, 0.1) is 31.1 Å². The fraction of sp³-hybridized carbons (Fsp3) is 0.312. The van der Waals surface area contributed by atoms with Crippen LogP contribution in [0.5, 0.6) is 5.75 Å². The van der Waals surface area contributed by atoms with Crippen molar-refractivity contribution in [1.29, 1.82) is 5.26 Å². The predicted molar refractivity (Wildman–Crippen MR) is 83.9 cm³/mol. The average Bonchev–Trinajstić information content (AvgIpc) is 2.51. The third-order valence-corrected chi connectivity index (χ3v) is 3.45. The van der Waals surface area contributed by atoms with Gasteiger partial charge in [-0.25, -0.2) is 9.97 Å². The van der Waals surface area contributed by atoms with Crippen LogP contribution < -0.4 is 4.74 Å². The van der Waals surface area contributed by atoms with Gasteiger partial charge >= 0.3 is 0 Å². The Labute approximate surface area is 135 Å². The fourth-order valence-electron chi connectivity index (χ4n) is 2.15. The van der Waals surface area contributed by atoms with Gasteiger partial charge < -0.3 is 9.47 Å². The van der Waals surface area contributed by atoms with Gasteiger partial charge in [0.15, 0.2) is 0 Å². The molecule has 5 nitrogen and oxygen atoms in total. The minimum absolute atomic E-state index is 0. The lowest BCUT2D eigenvalue weighted by Gasteiger charge is -2.37. The molecule has 0 atom stereocenters. The smallest absolute Gasteiger partial charge is 0.137 e. The molecule has 114 valence electrons. The largest absolute Gasteiger partial charge is 0.491 e. The Morgan fingerprint density at radius 1 is 1.36 bits per heavy atom. The van der Waals surface area contributed by atoms with Crippen molar-refractivity contribution in [3.63, 3.8) is 0 Å². The van der Waals surface area contributed by atoms with Gasteiger partial charge in [0.1, 0.15) is 18.1 Å². The van der Waals surface area contributed by atoms with E-state index in [1.54, 1.807) is 12.3 Å². The van der Waals surface area contributed by atoms with Crippen LogP contribution in [0.1, 0.15) is 12.5 Å². The third kappa shape index (κ3) is 3.35. The molecule has 0 aliphatic carbocycles. The number of aromatic nitrogens is 2. The second kappa shape index (κ2) is 6.73. The zero-order chi connectivity index (χ0) is 14.7. The molecule has 2 heterocycles. The topological polar surface area (TPSA) is 68.0 Å². The molecule has 1 saturated heterocycles. The first-order chi connectivity index (χ1) is 10.2. The highest BCUT2D eigenvalue weighted by Gasteiger charge is 2.34. The van der Waals surface area contributed by atoms with Crippen LogP contribution in [0.4, 0.5) is 0 Å². The Morgan fingerprint density at radius 2 is 2.18 bits per heavy atom. The molecule has 1 aliphatic heterocycles. The van der Waals surface area contributed by atoms with Gasteiger partial charge in [0, 0.05) is 17.2 Å². The number of rotatable bonds is 4. The molecule has 0 amide bonds. The molecule has 6 heteroatoms. The van der Waals surface area contributed by atoms with E-state index in [-0.39, 0.29) is 17.8 Å². The molecule has 2 aromatic rings. The first-order valence-electron chi connectivity index (χ1n) is 6.71. The lowest BCUT2D eigenvalue weighted by Crippen LogP contribution is -2.44. The maximum Gasteiger partial charge on any atom is 0.137 e. The summed E-state index contributed by atoms with van der Waals surface area (Å²) in [4.78, 5) is 8.07. The fourth-order valence-corrected chi connectivity index (χ4v) is 2.15. The molecule has 1 aromatic heterocycles. The molecule has 0 N–H and O–H groups in total. The molecular formula is C16H16ClN3O2. The Balaban J connectivity index is 0.00000176. The summed E-state index contributed by atoms with van der Waals surface area (Å²) in [5, 5.41) is 9.30. The van der Waals surface area contributed by atoms with E-state index in [2.05, 4.69) is 23.0 Å². The summed E-state index contributed by atoms with van der Waals surface area (Å²) < 4.78 is 11.0. The molecule has 0 spiro atoms. The van der Waals surface area contributed by atoms with Crippen molar-refractivity contribution >= 4 is 12.4 Å². The van der Waals surface area contributed by atoms with Crippen molar-refractivity contribution in [2.24, 2.45) is 5.41 Å². The molecule has 1 aromatic carbocycles. The van der Waals surface area contributed by atoms with Crippen LogP contribution >= 0.6 is 12.4 Å². The first kappa shape index (κ1) is 16.2. The number of nitrogens with zero attached hydrogens (tertiary/aromatic N) is 3. The first-order valence-corrected chi connectivity index (χ1v) is 6.71. The Morgan fingerprint density at radius 3 is 2.77 bits per heavy atom. The van der Waals surface area contributed by atoms with Gasteiger partial charge in [-0.3, -0.25) is 0 Å². The molecule has 1 aliphatic rings. The Bertz CT molecular complexity index is 682. The normalized spacial score (nSPS) is 15.1. The second-order valence-electron chi connectivity index (χ2n) is 5.51. The Hall–Kier alpha value is -2.16. The summed E-state index contributed by atoms with van der Waals surface area (Å²) in [5.41, 5.74) is 2.22. The highest BCUT2D eigenvalue weighted by Crippen LogP contribution is 2.30. The van der Waals surface area contributed by atoms with E-state index in [1.165, 1.54) is 6.33 Å². The summed E-state index contributed by atoms with van der Waals surface area (Å²) in [7, 11) is 0. The SMILES string of the molecule is CC1(COc2ccc(-c3ccncn3)cc2C#N)COC1.Cl. The second-order valence-corrected chi connectivity index (χ2v) is 5.51. The van der Waals surface area contributed by atoms with E-state index < -0.39 is 0 Å². The monoisotopic (exact) mass is 317 g/mol. The molecule has 0 saturated carbocycles. The number of nitriles is 1. The van der Waals surface area contributed by atoms with Crippen LogP contribution in [0, 0.1) is 16.7 Å². The Kier molecular flexibility index (Phi) is 4.96. The number of halogens is 1. The van der Waals surface area contributed by atoms with E-state index in [9.17, 15) is 5.26 Å². The van der Waals surface area contributed by atoms with Crippen molar-refractivity contribution in [1.82, 2.24) is 9.97 Å². The summed E-state index contributed by atoms with van der Waals surface area (Å²) in [6.45, 7) is 4.06. The van der Waals surface area contributed by atoms with Gasteiger partial charge in [0.25, 0.3) is 0 Å². The van der Waals surface area contributed by atoms with Gasteiger partial charge in [-0.2, -0.15) is 5.26 Å². The lowest BCUT2D eigenvalue weighted by molar-refractivity contribution is -0.120. The lowest BCUT2D eigenvalue weighted by atomic mass is 9.90. The molecular weight excluding hydrogens is 302 g/mol. The zero-order valence-electron chi connectivity index (χ0n) is 12.2. The van der Waals surface area contributed by atoms with Crippen LogP contribution in [0.15, 0.2) is 36.8 Å². The van der Waals surface area contributed by atoms with E-state index >= 15 is 0 Å². The molecule has 0 radical (unpaired) electrons. The summed E-state index contributed by atoms with van der Waals surface area (Å²) in [6, 6.07) is 9.50. The standard InChI is InChI=1S/C16H15N3O2.ClH/c1-16(8-20-9-16)10-21-15-3-2-12(6-13(15)7-17)14-4-5-18-11-19-14;/h2-6,11H,8-10H2,1H3;1H. The molecule has 0 bridgehead atoms. The minimum atomic E-state index is 0. The zero-order valence-corrected chi connectivity index (χ0v) is 13.0. The molecule has 22 heavy (non-hydrogen) atoms. The maximum atomic E-state index is 9.30. The maximum absolute atomic E-state index is 9.30. The van der Waals surface area contributed by atoms with E-state index in [0.717, 1.165) is 11.3 Å². The van der Waals surface area contributed by atoms with Gasteiger partial charge in [0.2, 0.25) is 0 Å². The van der Waals surface area contributed by atoms with Gasteiger partial charge in [-0.05, 0) is 24.3 Å². The van der Waals surface area contributed by atoms with Crippen LogP contribution in [-0.4, -0.2) is 29.8 Å². The highest BCUT2D eigenvalue weighted by molar-refractivity contribution is 5.85. The van der Waals surface area contributed by atoms with E-state index in [4.69, 9.17) is 9.47 Å². The van der Waals surface area contributed by atoms with Gasteiger partial charge in [-0.1, -0.05) is 6.92 Å². The number of ether oxygens (including phenoxy) is 2. The van der Waals surface area contributed by atoms with Crippen LogP contribution in [0.3, 0.4) is 0 Å². The van der Waals surface area contributed by atoms with Crippen molar-refractivity contribution in [2.45, 2.75) is 6.92 Å². The number of benzene rings is 1. The van der Waals surface area contributed by atoms with Crippen molar-refractivity contribution in [3.8, 4) is 23.1 Å². The number of hydrogen-bond donors (Lipinski definition) is 0. The van der Waals surface area contributed by atoms with Crippen molar-refractivity contribution < 1.29 is 9.47 Å². The van der Waals surface area contributed by atoms with Crippen molar-refractivity contribution in [3.05, 3.63) is 42.4 Å². The summed E-state index contributed by atoms with van der Waals surface area (Å²) in [6.07, 6.45) is 3.17. The third-order valence-electron chi connectivity index (χ3n) is 3.45. The quantitative estimate of drug-likeness (QED) is 0.867. The van der Waals surface area contributed by atoms with Gasteiger partial charge in [-0.15, -0.1) is 12.4 Å². The van der Waals surface area contributed by atoms with E-state index in [0.29, 0.717) is 31.1 Å². The van der Waals surface area contributed by atoms with Crippen LogP contribution in [-0.2, 0) is 4.74 Å². The van der Waals surface area contributed by atoms with Crippen LogP contribution in [0.2, 0.25) is 0 Å². The van der Waals surface area contributed by atoms with E-state index in [1.807, 2.05) is 18.2 Å². The highest BCUT2D eigenvalue weighted by atomic mass is 35.5. The summed E-state index contributed by atoms with van der Waals surface area (Å²) in [5.74, 6) is 0.600. The predicted octanol–water partition coefficient (Wildman–Crippen LogP) is 2.85. The molecule has 3 rings (SSSR count). The van der Waals surface area contributed by atoms with Crippen LogP contribution in [0.25, 0.3) is 11.3 Å². The minimum Gasteiger partial charge on any atom is -0.491 e. The van der Waals surface area contributed by atoms with Crippen molar-refractivity contribution in [2.75, 3.05) is 19.8 Å². The summed E-state index contributed by atoms with van der Waals surface area (Å²) >= 11 is 0. The molecule has 1 fully saturated rings.